The summed E-state index contributed by atoms with van der Waals surface area (Å²) < 4.78 is 1.65. The van der Waals surface area contributed by atoms with E-state index in [1.165, 1.54) is 11.1 Å². The Kier molecular flexibility index (Phi) is 3.63. The Bertz CT molecular complexity index is 928. The van der Waals surface area contributed by atoms with E-state index >= 15 is 0 Å². The van der Waals surface area contributed by atoms with Gasteiger partial charge in [-0.3, -0.25) is 4.79 Å². The maximum Gasteiger partial charge on any atom is 0.252 e. The zero-order valence-electron chi connectivity index (χ0n) is 14.0. The van der Waals surface area contributed by atoms with E-state index in [0.29, 0.717) is 17.8 Å². The molecule has 5 heteroatoms. The van der Waals surface area contributed by atoms with Crippen molar-refractivity contribution in [3.63, 3.8) is 0 Å². The minimum atomic E-state index is 0.143. The lowest BCUT2D eigenvalue weighted by Gasteiger charge is -2.23. The number of fused-ring (bicyclic) bond motifs is 2. The first kappa shape index (κ1) is 15.0. The van der Waals surface area contributed by atoms with E-state index in [0.717, 1.165) is 30.8 Å². The first-order valence-corrected chi connectivity index (χ1v) is 8.49. The van der Waals surface area contributed by atoms with E-state index in [2.05, 4.69) is 53.2 Å². The molecule has 0 saturated heterocycles. The van der Waals surface area contributed by atoms with Gasteiger partial charge in [-0.15, -0.1) is 5.10 Å². The third-order valence-corrected chi connectivity index (χ3v) is 4.61. The number of rotatable bonds is 3. The van der Waals surface area contributed by atoms with Crippen LogP contribution < -0.4 is 0 Å². The fourth-order valence-corrected chi connectivity index (χ4v) is 3.42. The van der Waals surface area contributed by atoms with E-state index in [4.69, 9.17) is 0 Å². The monoisotopic (exact) mass is 320 g/mol. The molecular formula is C19H20N4O. The van der Waals surface area contributed by atoms with Gasteiger partial charge in [0, 0.05) is 19.0 Å². The standard InChI is InChI=1S/C19H20N4O/c1-3-5-18-21-19-20-16-9-14(13-7-4-6-12(2)8-13)10-17(24)15(16)11-23(19)22-18/h4,6-8,11,14H,3,5,9-10H2,1-2H3/t14-/m0/s1. The molecule has 0 N–H and O–H groups in total. The van der Waals surface area contributed by atoms with Crippen LogP contribution in [0, 0.1) is 6.92 Å². The number of hydrogen-bond donors (Lipinski definition) is 0. The van der Waals surface area contributed by atoms with Crippen molar-refractivity contribution in [1.29, 1.82) is 0 Å². The summed E-state index contributed by atoms with van der Waals surface area (Å²) in [5.74, 6) is 1.72. The van der Waals surface area contributed by atoms with Gasteiger partial charge in [0.25, 0.3) is 5.78 Å². The SMILES string of the molecule is CCCc1nc2nc3c(cn2n1)C(=O)C[C@@H](c1cccc(C)c1)C3. The predicted molar refractivity (Wildman–Crippen MR) is 91.3 cm³/mol. The van der Waals surface area contributed by atoms with Crippen LogP contribution in [0.5, 0.6) is 0 Å². The number of carbonyl (C=O) groups is 1. The highest BCUT2D eigenvalue weighted by atomic mass is 16.1. The van der Waals surface area contributed by atoms with Crippen LogP contribution >= 0.6 is 0 Å². The highest BCUT2D eigenvalue weighted by Crippen LogP contribution is 2.32. The van der Waals surface area contributed by atoms with Crippen molar-refractivity contribution < 1.29 is 4.79 Å². The molecule has 3 aromatic rings. The summed E-state index contributed by atoms with van der Waals surface area (Å²) in [5, 5.41) is 4.42. The van der Waals surface area contributed by atoms with Crippen LogP contribution in [0.4, 0.5) is 0 Å². The maximum atomic E-state index is 12.6. The fourth-order valence-electron chi connectivity index (χ4n) is 3.42. The van der Waals surface area contributed by atoms with Gasteiger partial charge >= 0.3 is 0 Å². The van der Waals surface area contributed by atoms with Crippen molar-refractivity contribution in [3.05, 3.63) is 58.7 Å². The Morgan fingerprint density at radius 1 is 1.25 bits per heavy atom. The summed E-state index contributed by atoms with van der Waals surface area (Å²) in [6.45, 7) is 4.18. The number of nitrogens with zero attached hydrogens (tertiary/aromatic N) is 4. The molecule has 5 nitrogen and oxygen atoms in total. The maximum absolute atomic E-state index is 12.6. The molecule has 0 fully saturated rings. The van der Waals surface area contributed by atoms with Crippen LogP contribution in [0.25, 0.3) is 5.78 Å². The summed E-state index contributed by atoms with van der Waals surface area (Å²) in [4.78, 5) is 21.7. The zero-order chi connectivity index (χ0) is 16.7. The Hall–Kier alpha value is -2.56. The predicted octanol–water partition coefficient (Wildman–Crippen LogP) is 3.30. The Labute approximate surface area is 140 Å². The molecular weight excluding hydrogens is 300 g/mol. The van der Waals surface area contributed by atoms with Gasteiger partial charge < -0.3 is 0 Å². The molecule has 2 aromatic heterocycles. The average molecular weight is 320 g/mol. The first-order chi connectivity index (χ1) is 11.6. The summed E-state index contributed by atoms with van der Waals surface area (Å²) in [6.07, 6.45) is 4.93. The van der Waals surface area contributed by atoms with Crippen molar-refractivity contribution in [2.75, 3.05) is 0 Å². The zero-order valence-corrected chi connectivity index (χ0v) is 14.0. The molecule has 0 radical (unpaired) electrons. The molecule has 1 atom stereocenters. The van der Waals surface area contributed by atoms with Gasteiger partial charge in [-0.25, -0.2) is 9.50 Å². The largest absolute Gasteiger partial charge is 0.294 e. The van der Waals surface area contributed by atoms with Gasteiger partial charge in [0.15, 0.2) is 11.6 Å². The smallest absolute Gasteiger partial charge is 0.252 e. The fraction of sp³-hybridized carbons (Fsp3) is 0.368. The highest BCUT2D eigenvalue weighted by molar-refractivity contribution is 5.98. The Morgan fingerprint density at radius 3 is 2.92 bits per heavy atom. The molecule has 2 heterocycles. The normalized spacial score (nSPS) is 17.2. The van der Waals surface area contributed by atoms with Crippen molar-refractivity contribution in [2.24, 2.45) is 0 Å². The first-order valence-electron chi connectivity index (χ1n) is 8.49. The van der Waals surface area contributed by atoms with Gasteiger partial charge in [0.1, 0.15) is 0 Å². The van der Waals surface area contributed by atoms with Crippen LogP contribution in [-0.4, -0.2) is 25.4 Å². The minimum absolute atomic E-state index is 0.143. The Balaban J connectivity index is 1.73. The summed E-state index contributed by atoms with van der Waals surface area (Å²) in [7, 11) is 0. The lowest BCUT2D eigenvalue weighted by molar-refractivity contribution is 0.0962. The van der Waals surface area contributed by atoms with E-state index in [1.54, 1.807) is 10.7 Å². The molecule has 0 saturated carbocycles. The van der Waals surface area contributed by atoms with Gasteiger partial charge in [-0.1, -0.05) is 36.8 Å². The van der Waals surface area contributed by atoms with Crippen LogP contribution in [0.3, 0.4) is 0 Å². The van der Waals surface area contributed by atoms with Crippen molar-refractivity contribution in [2.45, 2.75) is 45.4 Å². The number of hydrogen-bond acceptors (Lipinski definition) is 4. The van der Waals surface area contributed by atoms with Crippen LogP contribution in [0.15, 0.2) is 30.5 Å². The molecule has 0 amide bonds. The topological polar surface area (TPSA) is 60.1 Å². The molecule has 24 heavy (non-hydrogen) atoms. The molecule has 0 spiro atoms. The van der Waals surface area contributed by atoms with E-state index in [1.807, 2.05) is 0 Å². The summed E-state index contributed by atoms with van der Waals surface area (Å²) in [6, 6.07) is 8.40. The van der Waals surface area contributed by atoms with E-state index in [-0.39, 0.29) is 11.7 Å². The molecule has 0 bridgehead atoms. The number of aryl methyl sites for hydroxylation is 2. The molecule has 122 valence electrons. The lowest BCUT2D eigenvalue weighted by atomic mass is 9.82. The number of carbonyl (C=O) groups excluding carboxylic acids is 1. The molecule has 1 aromatic carbocycles. The second kappa shape index (κ2) is 5.82. The third kappa shape index (κ3) is 2.60. The van der Waals surface area contributed by atoms with E-state index < -0.39 is 0 Å². The van der Waals surface area contributed by atoms with Crippen LogP contribution in [-0.2, 0) is 12.8 Å². The number of benzene rings is 1. The summed E-state index contributed by atoms with van der Waals surface area (Å²) >= 11 is 0. The molecule has 4 rings (SSSR count). The lowest BCUT2D eigenvalue weighted by Crippen LogP contribution is -2.21. The second-order valence-corrected chi connectivity index (χ2v) is 6.57. The minimum Gasteiger partial charge on any atom is -0.294 e. The van der Waals surface area contributed by atoms with Gasteiger partial charge in [-0.2, -0.15) is 4.98 Å². The molecule has 0 unspecified atom stereocenters. The highest BCUT2D eigenvalue weighted by Gasteiger charge is 2.28. The van der Waals surface area contributed by atoms with Crippen LogP contribution in [0.1, 0.15) is 58.7 Å². The molecule has 0 aliphatic heterocycles. The molecule has 1 aliphatic rings. The summed E-state index contributed by atoms with van der Waals surface area (Å²) in [5.41, 5.74) is 3.97. The molecule has 1 aliphatic carbocycles. The Morgan fingerprint density at radius 2 is 2.12 bits per heavy atom. The van der Waals surface area contributed by atoms with Crippen molar-refractivity contribution >= 4 is 11.6 Å². The quantitative estimate of drug-likeness (QED) is 0.743. The van der Waals surface area contributed by atoms with Gasteiger partial charge in [0.2, 0.25) is 0 Å². The second-order valence-electron chi connectivity index (χ2n) is 6.57. The van der Waals surface area contributed by atoms with E-state index in [9.17, 15) is 4.79 Å². The van der Waals surface area contributed by atoms with Crippen LogP contribution in [0.2, 0.25) is 0 Å². The van der Waals surface area contributed by atoms with Gasteiger partial charge in [-0.05, 0) is 31.2 Å². The van der Waals surface area contributed by atoms with Gasteiger partial charge in [0.05, 0.1) is 11.3 Å². The van der Waals surface area contributed by atoms with Crippen molar-refractivity contribution in [3.8, 4) is 0 Å². The number of Topliss-reactive ketones (excluding diaryl/α,β-unsaturated/α-hetero) is 1. The van der Waals surface area contributed by atoms with Crippen molar-refractivity contribution in [1.82, 2.24) is 19.6 Å². The number of ketones is 1. The average Bonchev–Trinajstić information content (AvgIpc) is 2.94. The number of aromatic nitrogens is 4. The third-order valence-electron chi connectivity index (χ3n) is 4.61.